The number of ether oxygens (including phenoxy) is 5. The van der Waals surface area contributed by atoms with Gasteiger partial charge in [-0.05, 0) is 35.4 Å². The van der Waals surface area contributed by atoms with Crippen molar-refractivity contribution in [2.24, 2.45) is 0 Å². The van der Waals surface area contributed by atoms with Gasteiger partial charge >= 0.3 is 5.97 Å². The first-order chi connectivity index (χ1) is 12.5. The molecule has 0 atom stereocenters. The fourth-order valence-corrected chi connectivity index (χ4v) is 2.42. The summed E-state index contributed by atoms with van der Waals surface area (Å²) in [7, 11) is 6.22. The summed E-state index contributed by atoms with van der Waals surface area (Å²) in [6, 6.07) is 9.02. The van der Waals surface area contributed by atoms with Crippen molar-refractivity contribution in [2.75, 3.05) is 28.4 Å². The normalized spacial score (nSPS) is 10.5. The Balaban J connectivity index is 2.36. The van der Waals surface area contributed by atoms with E-state index in [4.69, 9.17) is 23.7 Å². The van der Waals surface area contributed by atoms with Gasteiger partial charge in [0.1, 0.15) is 0 Å². The molecule has 0 fully saturated rings. The van der Waals surface area contributed by atoms with E-state index in [0.717, 1.165) is 11.1 Å². The van der Waals surface area contributed by atoms with Gasteiger partial charge in [-0.15, -0.1) is 0 Å². The van der Waals surface area contributed by atoms with Crippen molar-refractivity contribution in [3.63, 3.8) is 0 Å². The van der Waals surface area contributed by atoms with Crippen LogP contribution in [-0.2, 0) is 4.79 Å². The molecule has 0 saturated carbocycles. The Hall–Kier alpha value is -3.15. The Morgan fingerprint density at radius 2 is 1.27 bits per heavy atom. The van der Waals surface area contributed by atoms with Crippen molar-refractivity contribution in [1.29, 1.82) is 0 Å². The van der Waals surface area contributed by atoms with Crippen molar-refractivity contribution in [3.05, 3.63) is 41.5 Å². The zero-order valence-corrected chi connectivity index (χ0v) is 15.5. The summed E-state index contributed by atoms with van der Waals surface area (Å²) in [5.74, 6) is 2.13. The Morgan fingerprint density at radius 1 is 0.731 bits per heavy atom. The minimum absolute atomic E-state index is 0.368. The second-order valence-electron chi connectivity index (χ2n) is 5.30. The molecule has 0 heterocycles. The monoisotopic (exact) mass is 358 g/mol. The molecule has 2 aromatic carbocycles. The number of methoxy groups -OCH3 is 4. The van der Waals surface area contributed by atoms with Gasteiger partial charge < -0.3 is 23.7 Å². The summed E-state index contributed by atoms with van der Waals surface area (Å²) in [5, 5.41) is 0. The first kappa shape index (κ1) is 19.2. The molecule has 0 aromatic heterocycles. The van der Waals surface area contributed by atoms with Gasteiger partial charge in [0.2, 0.25) is 5.75 Å². The lowest BCUT2D eigenvalue weighted by Gasteiger charge is -2.13. The molecular weight excluding hydrogens is 336 g/mol. The Labute approximate surface area is 152 Å². The summed E-state index contributed by atoms with van der Waals surface area (Å²) >= 11 is 0. The fraction of sp³-hybridized carbons (Fsp3) is 0.250. The third-order valence-corrected chi connectivity index (χ3v) is 3.60. The van der Waals surface area contributed by atoms with E-state index in [-0.39, 0.29) is 0 Å². The predicted octanol–water partition coefficient (Wildman–Crippen LogP) is 3.82. The maximum Gasteiger partial charge on any atom is 0.308 e. The molecule has 2 rings (SSSR count). The maximum absolute atomic E-state index is 11.2. The Bertz CT molecular complexity index is 785. The van der Waals surface area contributed by atoms with Crippen LogP contribution in [0, 0.1) is 0 Å². The van der Waals surface area contributed by atoms with Gasteiger partial charge in [-0.3, -0.25) is 4.79 Å². The number of carbonyl (C=O) groups excluding carboxylic acids is 1. The summed E-state index contributed by atoms with van der Waals surface area (Å²) in [6.07, 6.45) is 3.77. The molecule has 0 aliphatic rings. The molecule has 6 nitrogen and oxygen atoms in total. The molecule has 0 radical (unpaired) electrons. The zero-order chi connectivity index (χ0) is 19.1. The van der Waals surface area contributed by atoms with Crippen molar-refractivity contribution in [2.45, 2.75) is 6.92 Å². The zero-order valence-electron chi connectivity index (χ0n) is 15.5. The topological polar surface area (TPSA) is 63.2 Å². The van der Waals surface area contributed by atoms with E-state index < -0.39 is 5.97 Å². The number of benzene rings is 2. The fourth-order valence-electron chi connectivity index (χ4n) is 2.42. The van der Waals surface area contributed by atoms with Gasteiger partial charge in [0.15, 0.2) is 23.0 Å². The molecule has 2 aromatic rings. The largest absolute Gasteiger partial charge is 0.493 e. The molecule has 0 unspecified atom stereocenters. The molecule has 0 bridgehead atoms. The first-order valence-corrected chi connectivity index (χ1v) is 7.87. The lowest BCUT2D eigenvalue weighted by Crippen LogP contribution is -2.03. The van der Waals surface area contributed by atoms with Crippen LogP contribution in [0.25, 0.3) is 12.2 Å². The quantitative estimate of drug-likeness (QED) is 0.426. The van der Waals surface area contributed by atoms with Crippen molar-refractivity contribution < 1.29 is 28.5 Å². The summed E-state index contributed by atoms with van der Waals surface area (Å²) in [6.45, 7) is 1.35. The van der Waals surface area contributed by atoms with E-state index in [1.54, 1.807) is 33.5 Å². The van der Waals surface area contributed by atoms with Crippen LogP contribution in [0.15, 0.2) is 30.3 Å². The first-order valence-electron chi connectivity index (χ1n) is 7.87. The number of hydrogen-bond donors (Lipinski definition) is 0. The van der Waals surface area contributed by atoms with Crippen LogP contribution in [0.5, 0.6) is 28.7 Å². The minimum atomic E-state index is -0.408. The third kappa shape index (κ3) is 4.47. The van der Waals surface area contributed by atoms with Crippen LogP contribution in [0.3, 0.4) is 0 Å². The molecule has 0 aliphatic carbocycles. The van der Waals surface area contributed by atoms with Gasteiger partial charge in [-0.2, -0.15) is 0 Å². The molecule has 26 heavy (non-hydrogen) atoms. The summed E-state index contributed by atoms with van der Waals surface area (Å²) < 4.78 is 26.4. The van der Waals surface area contributed by atoms with Crippen LogP contribution < -0.4 is 23.7 Å². The number of carbonyl (C=O) groups is 1. The van der Waals surface area contributed by atoms with Crippen molar-refractivity contribution in [1.82, 2.24) is 0 Å². The number of esters is 1. The average molecular weight is 358 g/mol. The van der Waals surface area contributed by atoms with Gasteiger partial charge in [0.05, 0.1) is 28.4 Å². The molecule has 0 N–H and O–H groups in total. The SMILES string of the molecule is COc1ccc(/C=C\c2cc(OC)c(OC)c(OC)c2)cc1OC(C)=O. The predicted molar refractivity (Wildman–Crippen MR) is 99.3 cm³/mol. The van der Waals surface area contributed by atoms with Crippen molar-refractivity contribution >= 4 is 18.1 Å². The van der Waals surface area contributed by atoms with E-state index in [9.17, 15) is 4.79 Å². The molecule has 0 amide bonds. The summed E-state index contributed by atoms with van der Waals surface area (Å²) in [4.78, 5) is 11.2. The van der Waals surface area contributed by atoms with Gasteiger partial charge in [-0.1, -0.05) is 18.2 Å². The lowest BCUT2D eigenvalue weighted by molar-refractivity contribution is -0.132. The highest BCUT2D eigenvalue weighted by molar-refractivity contribution is 5.75. The second kappa shape index (κ2) is 8.80. The number of hydrogen-bond acceptors (Lipinski definition) is 6. The van der Waals surface area contributed by atoms with Crippen molar-refractivity contribution in [3.8, 4) is 28.7 Å². The molecule has 0 spiro atoms. The van der Waals surface area contributed by atoms with E-state index in [2.05, 4.69) is 0 Å². The Morgan fingerprint density at radius 3 is 1.77 bits per heavy atom. The molecule has 0 aliphatic heterocycles. The van der Waals surface area contributed by atoms with Crippen LogP contribution >= 0.6 is 0 Å². The van der Waals surface area contributed by atoms with Crippen LogP contribution in [0.2, 0.25) is 0 Å². The summed E-state index contributed by atoms with van der Waals surface area (Å²) in [5.41, 5.74) is 1.71. The highest BCUT2D eigenvalue weighted by atomic mass is 16.6. The third-order valence-electron chi connectivity index (χ3n) is 3.60. The highest BCUT2D eigenvalue weighted by Crippen LogP contribution is 2.38. The molecule has 138 valence electrons. The van der Waals surface area contributed by atoms with E-state index >= 15 is 0 Å². The van der Waals surface area contributed by atoms with Gasteiger partial charge in [0.25, 0.3) is 0 Å². The van der Waals surface area contributed by atoms with Crippen LogP contribution in [0.4, 0.5) is 0 Å². The lowest BCUT2D eigenvalue weighted by atomic mass is 10.1. The van der Waals surface area contributed by atoms with Crippen LogP contribution in [0.1, 0.15) is 18.1 Å². The van der Waals surface area contributed by atoms with Gasteiger partial charge in [-0.25, -0.2) is 0 Å². The highest BCUT2D eigenvalue weighted by Gasteiger charge is 2.12. The average Bonchev–Trinajstić information content (AvgIpc) is 2.65. The Kier molecular flexibility index (Phi) is 6.49. The van der Waals surface area contributed by atoms with E-state index in [1.807, 2.05) is 30.4 Å². The van der Waals surface area contributed by atoms with Gasteiger partial charge in [0, 0.05) is 6.92 Å². The van der Waals surface area contributed by atoms with E-state index in [1.165, 1.54) is 14.0 Å². The molecule has 6 heteroatoms. The smallest absolute Gasteiger partial charge is 0.308 e. The molecular formula is C20H22O6. The minimum Gasteiger partial charge on any atom is -0.493 e. The van der Waals surface area contributed by atoms with Crippen LogP contribution in [-0.4, -0.2) is 34.4 Å². The second-order valence-corrected chi connectivity index (χ2v) is 5.30. The number of rotatable bonds is 7. The maximum atomic E-state index is 11.2. The van der Waals surface area contributed by atoms with E-state index in [0.29, 0.717) is 28.7 Å². The molecule has 0 saturated heterocycles. The standard InChI is InChI=1S/C20H22O6/c1-13(21)26-17-10-14(8-9-16(17)22-2)6-7-15-11-18(23-3)20(25-5)19(12-15)24-4/h6-12H,1-5H3/b7-6-.